The summed E-state index contributed by atoms with van der Waals surface area (Å²) >= 11 is 0. The number of unbranched alkanes of at least 4 members (excludes halogenated alkanes) is 16. The highest BCUT2D eigenvalue weighted by atomic mass is 16.5. The predicted octanol–water partition coefficient (Wildman–Crippen LogP) is 14.2. The van der Waals surface area contributed by atoms with Crippen molar-refractivity contribution < 1.29 is 28.5 Å². The summed E-state index contributed by atoms with van der Waals surface area (Å²) in [6, 6.07) is 0. The van der Waals surface area contributed by atoms with Crippen LogP contribution in [0, 0.1) is 17.8 Å². The summed E-state index contributed by atoms with van der Waals surface area (Å²) in [5.74, 6) is 2.12. The van der Waals surface area contributed by atoms with Crippen LogP contribution in [0.1, 0.15) is 240 Å². The van der Waals surface area contributed by atoms with Crippen molar-refractivity contribution in [3.63, 3.8) is 0 Å². The van der Waals surface area contributed by atoms with Gasteiger partial charge in [-0.05, 0) is 62.7 Å². The van der Waals surface area contributed by atoms with Crippen molar-refractivity contribution in [3.8, 4) is 0 Å². The molecule has 1 aliphatic heterocycles. The van der Waals surface area contributed by atoms with Gasteiger partial charge in [-0.15, -0.1) is 0 Å². The summed E-state index contributed by atoms with van der Waals surface area (Å²) in [6.45, 7) is 17.0. The number of morpholine rings is 1. The van der Waals surface area contributed by atoms with E-state index in [2.05, 4.69) is 32.6 Å². The summed E-state index contributed by atoms with van der Waals surface area (Å²) in [4.78, 5) is 27.1. The van der Waals surface area contributed by atoms with Crippen LogP contribution in [0.5, 0.6) is 0 Å². The van der Waals surface area contributed by atoms with Crippen molar-refractivity contribution in [1.82, 2.24) is 4.90 Å². The van der Waals surface area contributed by atoms with E-state index in [-0.39, 0.29) is 11.9 Å². The van der Waals surface area contributed by atoms with E-state index in [9.17, 15) is 9.59 Å². The number of nitrogens with zero attached hydrogens (tertiary/aromatic N) is 1. The second-order valence-electron chi connectivity index (χ2n) is 18.1. The quantitative estimate of drug-likeness (QED) is 0.0447. The molecular formula is C51H99NO6. The van der Waals surface area contributed by atoms with E-state index in [0.717, 1.165) is 103 Å². The highest BCUT2D eigenvalue weighted by Gasteiger charge is 2.14. The SMILES string of the molecule is CCCCC(CCCC)CCOC(=O)CCCCCCCCCC(CCCCCCCCCC(=O)OCCC(CCCC)CCCC)COCCCN1CCOCC1. The first-order valence-electron chi connectivity index (χ1n) is 25.7. The minimum atomic E-state index is 0.00673. The van der Waals surface area contributed by atoms with E-state index in [0.29, 0.717) is 32.0 Å². The van der Waals surface area contributed by atoms with Gasteiger partial charge in [-0.1, -0.05) is 182 Å². The predicted molar refractivity (Wildman–Crippen MR) is 246 cm³/mol. The Kier molecular flexibility index (Phi) is 40.2. The lowest BCUT2D eigenvalue weighted by molar-refractivity contribution is -0.145. The van der Waals surface area contributed by atoms with E-state index >= 15 is 0 Å². The fourth-order valence-electron chi connectivity index (χ4n) is 8.61. The van der Waals surface area contributed by atoms with Gasteiger partial charge in [-0.25, -0.2) is 0 Å². The lowest BCUT2D eigenvalue weighted by Gasteiger charge is -2.26. The van der Waals surface area contributed by atoms with Gasteiger partial charge in [0, 0.05) is 45.7 Å². The molecule has 0 radical (unpaired) electrons. The van der Waals surface area contributed by atoms with Crippen molar-refractivity contribution in [3.05, 3.63) is 0 Å². The van der Waals surface area contributed by atoms with Gasteiger partial charge in [0.1, 0.15) is 0 Å². The maximum absolute atomic E-state index is 12.3. The van der Waals surface area contributed by atoms with E-state index in [4.69, 9.17) is 18.9 Å². The Bertz CT molecular complexity index is 807. The molecule has 58 heavy (non-hydrogen) atoms. The van der Waals surface area contributed by atoms with Crippen LogP contribution in [-0.4, -0.2) is 76.1 Å². The molecule has 0 amide bonds. The first kappa shape index (κ1) is 54.8. The molecule has 1 rings (SSSR count). The molecule has 0 aromatic rings. The lowest BCUT2D eigenvalue weighted by atomic mass is 9.93. The third kappa shape index (κ3) is 35.6. The first-order chi connectivity index (χ1) is 28.5. The van der Waals surface area contributed by atoms with Gasteiger partial charge in [0.2, 0.25) is 0 Å². The highest BCUT2D eigenvalue weighted by Crippen LogP contribution is 2.23. The number of hydrogen-bond donors (Lipinski definition) is 0. The van der Waals surface area contributed by atoms with Crippen LogP contribution in [0.25, 0.3) is 0 Å². The van der Waals surface area contributed by atoms with Crippen molar-refractivity contribution in [2.45, 2.75) is 240 Å². The summed E-state index contributed by atoms with van der Waals surface area (Å²) in [7, 11) is 0. The van der Waals surface area contributed by atoms with Crippen LogP contribution < -0.4 is 0 Å². The zero-order valence-electron chi connectivity index (χ0n) is 39.3. The van der Waals surface area contributed by atoms with Crippen molar-refractivity contribution in [1.29, 1.82) is 0 Å². The molecule has 0 atom stereocenters. The molecule has 344 valence electrons. The van der Waals surface area contributed by atoms with Crippen molar-refractivity contribution in [2.24, 2.45) is 17.8 Å². The average molecular weight is 822 g/mol. The lowest BCUT2D eigenvalue weighted by Crippen LogP contribution is -2.37. The average Bonchev–Trinajstić information content (AvgIpc) is 3.23. The second-order valence-corrected chi connectivity index (χ2v) is 18.1. The van der Waals surface area contributed by atoms with Crippen LogP contribution >= 0.6 is 0 Å². The first-order valence-corrected chi connectivity index (χ1v) is 25.7. The molecule has 0 aliphatic carbocycles. The smallest absolute Gasteiger partial charge is 0.305 e. The Balaban J connectivity index is 2.18. The fourth-order valence-corrected chi connectivity index (χ4v) is 8.61. The Morgan fingerprint density at radius 1 is 0.448 bits per heavy atom. The Morgan fingerprint density at radius 3 is 1.24 bits per heavy atom. The molecule has 1 saturated heterocycles. The van der Waals surface area contributed by atoms with Gasteiger partial charge in [0.15, 0.2) is 0 Å². The number of carbonyl (C=O) groups excluding carboxylic acids is 2. The maximum Gasteiger partial charge on any atom is 0.305 e. The van der Waals surface area contributed by atoms with Crippen LogP contribution in [0.2, 0.25) is 0 Å². The van der Waals surface area contributed by atoms with Crippen molar-refractivity contribution >= 4 is 11.9 Å². The van der Waals surface area contributed by atoms with Crippen LogP contribution in [0.4, 0.5) is 0 Å². The van der Waals surface area contributed by atoms with Crippen molar-refractivity contribution in [2.75, 3.05) is 59.3 Å². The van der Waals surface area contributed by atoms with Crippen LogP contribution in [0.3, 0.4) is 0 Å². The minimum Gasteiger partial charge on any atom is -0.466 e. The van der Waals surface area contributed by atoms with E-state index < -0.39 is 0 Å². The van der Waals surface area contributed by atoms with Gasteiger partial charge in [-0.3, -0.25) is 14.5 Å². The molecule has 0 spiro atoms. The number of rotatable bonds is 44. The van der Waals surface area contributed by atoms with Gasteiger partial charge < -0.3 is 18.9 Å². The Morgan fingerprint density at radius 2 is 0.828 bits per heavy atom. The molecule has 7 heteroatoms. The molecule has 0 aromatic carbocycles. The van der Waals surface area contributed by atoms with Crippen LogP contribution in [-0.2, 0) is 28.5 Å². The minimum absolute atomic E-state index is 0.00673. The van der Waals surface area contributed by atoms with Gasteiger partial charge in [-0.2, -0.15) is 0 Å². The molecule has 0 aromatic heterocycles. The highest BCUT2D eigenvalue weighted by molar-refractivity contribution is 5.69. The third-order valence-electron chi connectivity index (χ3n) is 12.6. The maximum atomic E-state index is 12.3. The largest absolute Gasteiger partial charge is 0.466 e. The zero-order valence-corrected chi connectivity index (χ0v) is 39.3. The number of carbonyl (C=O) groups is 2. The molecule has 0 N–H and O–H groups in total. The van der Waals surface area contributed by atoms with E-state index in [1.807, 2.05) is 0 Å². The zero-order chi connectivity index (χ0) is 42.0. The molecule has 0 bridgehead atoms. The number of ether oxygens (including phenoxy) is 4. The summed E-state index contributed by atoms with van der Waals surface area (Å²) in [5, 5.41) is 0. The Labute approximate surface area is 361 Å². The molecule has 1 heterocycles. The second kappa shape index (κ2) is 42.5. The van der Waals surface area contributed by atoms with E-state index in [1.165, 1.54) is 154 Å². The van der Waals surface area contributed by atoms with E-state index in [1.54, 1.807) is 0 Å². The van der Waals surface area contributed by atoms with Gasteiger partial charge in [0.25, 0.3) is 0 Å². The number of hydrogen-bond acceptors (Lipinski definition) is 7. The summed E-state index contributed by atoms with van der Waals surface area (Å²) in [5.41, 5.74) is 0. The summed E-state index contributed by atoms with van der Waals surface area (Å²) in [6.07, 6.45) is 39.2. The molecule has 1 fully saturated rings. The topological polar surface area (TPSA) is 74.3 Å². The molecule has 0 unspecified atom stereocenters. The van der Waals surface area contributed by atoms with Crippen LogP contribution in [0.15, 0.2) is 0 Å². The van der Waals surface area contributed by atoms with Gasteiger partial charge >= 0.3 is 11.9 Å². The molecule has 7 nitrogen and oxygen atoms in total. The summed E-state index contributed by atoms with van der Waals surface area (Å²) < 4.78 is 23.0. The molecular weight excluding hydrogens is 723 g/mol. The third-order valence-corrected chi connectivity index (χ3v) is 12.6. The standard InChI is InChI=1S/C51H99NO6/c1-5-9-28-47(29-10-6-2)36-42-57-50(53)34-25-21-17-13-15-19-23-32-49(46-56-41-27-38-52-39-44-55-45-40-52)33-24-20-16-14-18-22-26-35-51(54)58-43-37-48(30-11-7-3)31-12-8-4/h47-49H,5-46H2,1-4H3. The Hall–Kier alpha value is -1.18. The normalized spacial score (nSPS) is 13.6. The monoisotopic (exact) mass is 822 g/mol. The molecule has 1 aliphatic rings. The van der Waals surface area contributed by atoms with Gasteiger partial charge in [0.05, 0.1) is 26.4 Å². The molecule has 0 saturated carbocycles. The number of esters is 2. The fraction of sp³-hybridized carbons (Fsp3) is 0.961.